The second-order valence-electron chi connectivity index (χ2n) is 8.05. The summed E-state index contributed by atoms with van der Waals surface area (Å²) in [6, 6.07) is 18.4. The first-order valence-corrected chi connectivity index (χ1v) is 10.4. The summed E-state index contributed by atoms with van der Waals surface area (Å²) in [5.74, 6) is -1.36. The van der Waals surface area contributed by atoms with Gasteiger partial charge in [0.25, 0.3) is 0 Å². The molecule has 1 aliphatic carbocycles. The Labute approximate surface area is 177 Å². The molecule has 5 nitrogen and oxygen atoms in total. The Morgan fingerprint density at radius 3 is 1.73 bits per heavy atom. The van der Waals surface area contributed by atoms with Crippen LogP contribution in [0.4, 0.5) is 0 Å². The molecular weight excluding hydrogens is 376 g/mol. The zero-order chi connectivity index (χ0) is 21.3. The van der Waals surface area contributed by atoms with Crippen LogP contribution in [0.15, 0.2) is 72.8 Å². The number of rotatable bonds is 5. The number of hydrogen-bond acceptors (Lipinski definition) is 3. The molecule has 2 aromatic rings. The van der Waals surface area contributed by atoms with Gasteiger partial charge >= 0.3 is 0 Å². The standard InChI is InChI=1S/C25H26N2O3/c1-17(27-24(29)20-15-9-10-16-21(20)25(27)30)23(28)26(2)22(18-11-5-3-6-12-18)19-13-7-4-8-14-19/h3-14,17,20-22H,15-16H2,1-2H3. The molecule has 0 saturated carbocycles. The third-order valence-electron chi connectivity index (χ3n) is 6.25. The molecular formula is C25H26N2O3. The van der Waals surface area contributed by atoms with Gasteiger partial charge in [-0.3, -0.25) is 19.3 Å². The summed E-state index contributed by atoms with van der Waals surface area (Å²) in [6.07, 6.45) is 5.04. The van der Waals surface area contributed by atoms with Gasteiger partial charge in [-0.25, -0.2) is 0 Å². The fourth-order valence-electron chi connectivity index (χ4n) is 4.65. The van der Waals surface area contributed by atoms with Gasteiger partial charge in [0.1, 0.15) is 6.04 Å². The number of nitrogens with zero attached hydrogens (tertiary/aromatic N) is 2. The zero-order valence-electron chi connectivity index (χ0n) is 17.3. The molecule has 1 heterocycles. The van der Waals surface area contributed by atoms with Gasteiger partial charge in [-0.15, -0.1) is 0 Å². The van der Waals surface area contributed by atoms with Crippen molar-refractivity contribution in [3.05, 3.63) is 83.9 Å². The molecule has 30 heavy (non-hydrogen) atoms. The Morgan fingerprint density at radius 2 is 1.30 bits per heavy atom. The van der Waals surface area contributed by atoms with Crippen LogP contribution in [0, 0.1) is 11.8 Å². The molecule has 0 spiro atoms. The molecule has 2 aromatic carbocycles. The predicted octanol–water partition coefficient (Wildman–Crippen LogP) is 3.57. The number of allylic oxidation sites excluding steroid dienone is 2. The summed E-state index contributed by atoms with van der Waals surface area (Å²) in [5.41, 5.74) is 1.95. The Balaban J connectivity index is 1.62. The lowest BCUT2D eigenvalue weighted by atomic mass is 9.85. The lowest BCUT2D eigenvalue weighted by molar-refractivity contribution is -0.151. The van der Waals surface area contributed by atoms with E-state index >= 15 is 0 Å². The normalized spacial score (nSPS) is 21.6. The van der Waals surface area contributed by atoms with E-state index in [0.29, 0.717) is 12.8 Å². The Kier molecular flexibility index (Phi) is 5.53. The number of fused-ring (bicyclic) bond motifs is 1. The summed E-state index contributed by atoms with van der Waals surface area (Å²) in [6.45, 7) is 1.66. The van der Waals surface area contributed by atoms with Gasteiger partial charge in [-0.2, -0.15) is 0 Å². The molecule has 0 aromatic heterocycles. The lowest BCUT2D eigenvalue weighted by Gasteiger charge is -2.33. The van der Waals surface area contributed by atoms with Crippen LogP contribution < -0.4 is 0 Å². The van der Waals surface area contributed by atoms with E-state index in [9.17, 15) is 14.4 Å². The topological polar surface area (TPSA) is 57.7 Å². The lowest BCUT2D eigenvalue weighted by Crippen LogP contribution is -2.49. The first-order chi connectivity index (χ1) is 14.5. The molecule has 154 valence electrons. The van der Waals surface area contributed by atoms with Crippen LogP contribution in [0.25, 0.3) is 0 Å². The Hall–Kier alpha value is -3.21. The van der Waals surface area contributed by atoms with E-state index in [4.69, 9.17) is 0 Å². The highest BCUT2D eigenvalue weighted by molar-refractivity contribution is 6.08. The smallest absolute Gasteiger partial charge is 0.246 e. The molecule has 3 amide bonds. The number of likely N-dealkylation sites (N-methyl/N-ethyl adjacent to an activating group) is 1. The summed E-state index contributed by atoms with van der Waals surface area (Å²) >= 11 is 0. The maximum atomic E-state index is 13.5. The van der Waals surface area contributed by atoms with Gasteiger partial charge < -0.3 is 4.90 Å². The van der Waals surface area contributed by atoms with Crippen LogP contribution >= 0.6 is 0 Å². The van der Waals surface area contributed by atoms with Gasteiger partial charge in [0.05, 0.1) is 17.9 Å². The van der Waals surface area contributed by atoms with Crippen molar-refractivity contribution in [1.29, 1.82) is 0 Å². The summed E-state index contributed by atoms with van der Waals surface area (Å²) in [4.78, 5) is 42.2. The largest absolute Gasteiger partial charge is 0.333 e. The molecule has 1 fully saturated rings. The minimum absolute atomic E-state index is 0.223. The van der Waals surface area contributed by atoms with Crippen LogP contribution in [0.5, 0.6) is 0 Å². The van der Waals surface area contributed by atoms with E-state index in [-0.39, 0.29) is 35.6 Å². The molecule has 3 unspecified atom stereocenters. The van der Waals surface area contributed by atoms with E-state index in [1.54, 1.807) is 18.9 Å². The van der Waals surface area contributed by atoms with E-state index in [1.165, 1.54) is 4.90 Å². The minimum atomic E-state index is -0.837. The predicted molar refractivity (Wildman–Crippen MR) is 114 cm³/mol. The molecule has 5 heteroatoms. The SMILES string of the molecule is CC(C(=O)N(C)C(c1ccccc1)c1ccccc1)N1C(=O)C2CC=CCC2C1=O. The average molecular weight is 402 g/mol. The number of carbonyl (C=O) groups excluding carboxylic acids is 3. The van der Waals surface area contributed by atoms with Gasteiger partial charge in [0, 0.05) is 7.05 Å². The van der Waals surface area contributed by atoms with Crippen molar-refractivity contribution >= 4 is 17.7 Å². The van der Waals surface area contributed by atoms with Gasteiger partial charge in [0.2, 0.25) is 17.7 Å². The second kappa shape index (κ2) is 8.27. The summed E-state index contributed by atoms with van der Waals surface area (Å²) in [7, 11) is 1.74. The number of carbonyl (C=O) groups is 3. The van der Waals surface area contributed by atoms with Crippen LogP contribution in [-0.2, 0) is 14.4 Å². The average Bonchev–Trinajstić information content (AvgIpc) is 3.04. The number of amides is 3. The first-order valence-electron chi connectivity index (χ1n) is 10.4. The molecule has 0 bridgehead atoms. The van der Waals surface area contributed by atoms with Crippen molar-refractivity contribution in [3.63, 3.8) is 0 Å². The monoisotopic (exact) mass is 402 g/mol. The van der Waals surface area contributed by atoms with E-state index in [0.717, 1.165) is 11.1 Å². The van der Waals surface area contributed by atoms with Crippen molar-refractivity contribution in [3.8, 4) is 0 Å². The highest BCUT2D eigenvalue weighted by Crippen LogP contribution is 2.37. The van der Waals surface area contributed by atoms with Gasteiger partial charge in [-0.1, -0.05) is 72.8 Å². The fourth-order valence-corrected chi connectivity index (χ4v) is 4.65. The molecule has 3 atom stereocenters. The van der Waals surface area contributed by atoms with Crippen molar-refractivity contribution in [2.75, 3.05) is 7.05 Å². The van der Waals surface area contributed by atoms with Crippen molar-refractivity contribution < 1.29 is 14.4 Å². The van der Waals surface area contributed by atoms with Crippen molar-refractivity contribution in [2.24, 2.45) is 11.8 Å². The van der Waals surface area contributed by atoms with E-state index < -0.39 is 6.04 Å². The molecule has 1 aliphatic heterocycles. The molecule has 0 radical (unpaired) electrons. The summed E-state index contributed by atoms with van der Waals surface area (Å²) in [5, 5.41) is 0. The zero-order valence-corrected chi connectivity index (χ0v) is 17.3. The highest BCUT2D eigenvalue weighted by atomic mass is 16.2. The fraction of sp³-hybridized carbons (Fsp3) is 0.320. The number of benzene rings is 2. The van der Waals surface area contributed by atoms with Gasteiger partial charge in [0.15, 0.2) is 0 Å². The molecule has 0 N–H and O–H groups in total. The van der Waals surface area contributed by atoms with Crippen LogP contribution in [0.3, 0.4) is 0 Å². The van der Waals surface area contributed by atoms with Crippen LogP contribution in [0.1, 0.15) is 36.9 Å². The summed E-state index contributed by atoms with van der Waals surface area (Å²) < 4.78 is 0. The first kappa shape index (κ1) is 20.1. The highest BCUT2D eigenvalue weighted by Gasteiger charge is 2.50. The van der Waals surface area contributed by atoms with Gasteiger partial charge in [-0.05, 0) is 30.9 Å². The van der Waals surface area contributed by atoms with E-state index in [1.807, 2.05) is 72.8 Å². The minimum Gasteiger partial charge on any atom is -0.333 e. The third kappa shape index (κ3) is 3.45. The van der Waals surface area contributed by atoms with Crippen molar-refractivity contribution in [2.45, 2.75) is 31.8 Å². The Morgan fingerprint density at radius 1 is 0.867 bits per heavy atom. The van der Waals surface area contributed by atoms with Crippen LogP contribution in [-0.4, -0.2) is 40.6 Å². The number of imide groups is 1. The number of likely N-dealkylation sites (tertiary alicyclic amines) is 1. The number of hydrogen-bond donors (Lipinski definition) is 0. The third-order valence-corrected chi connectivity index (χ3v) is 6.25. The molecule has 4 rings (SSSR count). The second-order valence-corrected chi connectivity index (χ2v) is 8.05. The van der Waals surface area contributed by atoms with Crippen LogP contribution in [0.2, 0.25) is 0 Å². The molecule has 2 aliphatic rings. The maximum Gasteiger partial charge on any atom is 0.246 e. The van der Waals surface area contributed by atoms with Crippen molar-refractivity contribution in [1.82, 2.24) is 9.80 Å². The quantitative estimate of drug-likeness (QED) is 0.567. The molecule has 1 saturated heterocycles. The van der Waals surface area contributed by atoms with E-state index in [2.05, 4.69) is 0 Å². The Bertz CT molecular complexity index is 905. The maximum absolute atomic E-state index is 13.5.